The van der Waals surface area contributed by atoms with E-state index in [1.165, 1.54) is 6.07 Å². The van der Waals surface area contributed by atoms with Gasteiger partial charge in [-0.15, -0.1) is 0 Å². The summed E-state index contributed by atoms with van der Waals surface area (Å²) in [6, 6.07) is 1.18. The van der Waals surface area contributed by atoms with Gasteiger partial charge in [0.15, 0.2) is 0 Å². The van der Waals surface area contributed by atoms with Crippen molar-refractivity contribution in [3.8, 4) is 0 Å². The van der Waals surface area contributed by atoms with Crippen LogP contribution in [-0.2, 0) is 4.74 Å². The van der Waals surface area contributed by atoms with Crippen molar-refractivity contribution in [2.75, 3.05) is 32.1 Å². The van der Waals surface area contributed by atoms with E-state index in [2.05, 4.69) is 10.2 Å². The summed E-state index contributed by atoms with van der Waals surface area (Å²) >= 11 is 0. The van der Waals surface area contributed by atoms with Crippen molar-refractivity contribution in [3.05, 3.63) is 11.8 Å². The van der Waals surface area contributed by atoms with Crippen LogP contribution in [-0.4, -0.2) is 58.5 Å². The first-order valence-electron chi connectivity index (χ1n) is 5.03. The van der Waals surface area contributed by atoms with E-state index in [0.29, 0.717) is 25.5 Å². The van der Waals surface area contributed by atoms with Crippen molar-refractivity contribution in [1.82, 2.24) is 15.1 Å². The van der Waals surface area contributed by atoms with Gasteiger partial charge in [0, 0.05) is 12.6 Å². The van der Waals surface area contributed by atoms with Crippen LogP contribution in [0, 0.1) is 0 Å². The Morgan fingerprint density at radius 1 is 1.81 bits per heavy atom. The molecule has 7 heteroatoms. The Kier molecular flexibility index (Phi) is 3.07. The minimum absolute atomic E-state index is 0.116. The number of aliphatic hydroxyl groups is 1. The number of ether oxygens (including phenoxy) is 1. The first kappa shape index (κ1) is 10.9. The van der Waals surface area contributed by atoms with Gasteiger partial charge in [-0.25, -0.2) is 0 Å². The molecule has 88 valence electrons. The molecule has 0 spiro atoms. The van der Waals surface area contributed by atoms with Crippen molar-refractivity contribution in [2.45, 2.75) is 6.04 Å². The molecule has 1 aliphatic heterocycles. The number of nitrogens with zero attached hydrogens (tertiary/aromatic N) is 2. The SMILES string of the molecule is Nc1cc(C(=O)N2CCOCC2CO)[nH]n1. The van der Waals surface area contributed by atoms with Crippen LogP contribution >= 0.6 is 0 Å². The average Bonchev–Trinajstić information content (AvgIpc) is 2.75. The van der Waals surface area contributed by atoms with Gasteiger partial charge in [0.25, 0.3) is 5.91 Å². The molecule has 0 bridgehead atoms. The minimum atomic E-state index is -0.300. The number of hydrogen-bond donors (Lipinski definition) is 3. The molecule has 0 aliphatic carbocycles. The van der Waals surface area contributed by atoms with Crippen molar-refractivity contribution < 1.29 is 14.6 Å². The minimum Gasteiger partial charge on any atom is -0.394 e. The smallest absolute Gasteiger partial charge is 0.272 e. The molecule has 1 aromatic rings. The summed E-state index contributed by atoms with van der Waals surface area (Å²) in [6.45, 7) is 1.18. The fourth-order valence-corrected chi connectivity index (χ4v) is 1.67. The second-order valence-electron chi connectivity index (χ2n) is 3.62. The molecule has 0 aromatic carbocycles. The predicted octanol–water partition coefficient (Wildman–Crippen LogP) is -1.17. The zero-order chi connectivity index (χ0) is 11.5. The first-order chi connectivity index (χ1) is 7.72. The van der Waals surface area contributed by atoms with Crippen LogP contribution in [0.3, 0.4) is 0 Å². The van der Waals surface area contributed by atoms with Crippen LogP contribution in [0.1, 0.15) is 10.5 Å². The lowest BCUT2D eigenvalue weighted by Gasteiger charge is -2.34. The average molecular weight is 226 g/mol. The van der Waals surface area contributed by atoms with Gasteiger partial charge in [-0.3, -0.25) is 9.89 Å². The van der Waals surface area contributed by atoms with Gasteiger partial charge in [-0.2, -0.15) is 5.10 Å². The molecule has 0 radical (unpaired) electrons. The predicted molar refractivity (Wildman–Crippen MR) is 55.7 cm³/mol. The summed E-state index contributed by atoms with van der Waals surface area (Å²) in [6.07, 6.45) is 0. The Morgan fingerprint density at radius 2 is 2.62 bits per heavy atom. The molecule has 16 heavy (non-hydrogen) atoms. The standard InChI is InChI=1S/C9H14N4O3/c10-8-3-7(11-12-8)9(15)13-1-2-16-5-6(13)4-14/h3,6,14H,1-2,4-5H2,(H3,10,11,12). The number of aliphatic hydroxyl groups excluding tert-OH is 1. The summed E-state index contributed by atoms with van der Waals surface area (Å²) in [4.78, 5) is 13.6. The monoisotopic (exact) mass is 226 g/mol. The first-order valence-corrected chi connectivity index (χ1v) is 5.03. The highest BCUT2D eigenvalue weighted by Crippen LogP contribution is 2.12. The molecule has 1 amide bonds. The maximum Gasteiger partial charge on any atom is 0.272 e. The third-order valence-electron chi connectivity index (χ3n) is 2.53. The van der Waals surface area contributed by atoms with Crippen LogP contribution in [0.25, 0.3) is 0 Å². The van der Waals surface area contributed by atoms with Crippen LogP contribution in [0.2, 0.25) is 0 Å². The molecule has 1 aromatic heterocycles. The molecule has 1 unspecified atom stereocenters. The third-order valence-corrected chi connectivity index (χ3v) is 2.53. The zero-order valence-electron chi connectivity index (χ0n) is 8.72. The van der Waals surface area contributed by atoms with Crippen LogP contribution in [0.4, 0.5) is 5.82 Å². The topological polar surface area (TPSA) is 104 Å². The van der Waals surface area contributed by atoms with Crippen LogP contribution < -0.4 is 5.73 Å². The number of carbonyl (C=O) groups excluding carboxylic acids is 1. The third kappa shape index (κ3) is 2.00. The number of hydrogen-bond acceptors (Lipinski definition) is 5. The summed E-state index contributed by atoms with van der Waals surface area (Å²) < 4.78 is 5.19. The van der Waals surface area contributed by atoms with Crippen LogP contribution in [0.15, 0.2) is 6.07 Å². The molecule has 1 saturated heterocycles. The van der Waals surface area contributed by atoms with E-state index < -0.39 is 0 Å². The maximum absolute atomic E-state index is 12.0. The molecule has 1 atom stereocenters. The van der Waals surface area contributed by atoms with E-state index in [1.807, 2.05) is 0 Å². The number of rotatable bonds is 2. The number of aromatic nitrogens is 2. The zero-order valence-corrected chi connectivity index (χ0v) is 8.72. The largest absolute Gasteiger partial charge is 0.394 e. The number of carbonyl (C=O) groups is 1. The summed E-state index contributed by atoms with van der Waals surface area (Å²) in [5, 5.41) is 15.4. The number of nitrogen functional groups attached to an aromatic ring is 1. The van der Waals surface area contributed by atoms with E-state index in [0.717, 1.165) is 0 Å². The fourth-order valence-electron chi connectivity index (χ4n) is 1.67. The Labute approximate surface area is 92.2 Å². The van der Waals surface area contributed by atoms with Gasteiger partial charge in [0.05, 0.1) is 25.9 Å². The number of amides is 1. The van der Waals surface area contributed by atoms with Gasteiger partial charge in [0.1, 0.15) is 11.5 Å². The fraction of sp³-hybridized carbons (Fsp3) is 0.556. The normalized spacial score (nSPS) is 21.1. The highest BCUT2D eigenvalue weighted by molar-refractivity contribution is 5.93. The van der Waals surface area contributed by atoms with Gasteiger partial charge >= 0.3 is 0 Å². The van der Waals surface area contributed by atoms with Gasteiger partial charge in [0.2, 0.25) is 0 Å². The van der Waals surface area contributed by atoms with Crippen molar-refractivity contribution >= 4 is 11.7 Å². The van der Waals surface area contributed by atoms with E-state index in [4.69, 9.17) is 15.6 Å². The lowest BCUT2D eigenvalue weighted by molar-refractivity contribution is -0.0186. The Bertz CT molecular complexity index is 379. The van der Waals surface area contributed by atoms with Gasteiger partial charge in [-0.05, 0) is 0 Å². The Morgan fingerprint density at radius 3 is 3.25 bits per heavy atom. The van der Waals surface area contributed by atoms with E-state index in [-0.39, 0.29) is 24.4 Å². The van der Waals surface area contributed by atoms with Crippen molar-refractivity contribution in [2.24, 2.45) is 0 Å². The molecule has 0 saturated carbocycles. The highest BCUT2D eigenvalue weighted by Gasteiger charge is 2.28. The molecular weight excluding hydrogens is 212 g/mol. The highest BCUT2D eigenvalue weighted by atomic mass is 16.5. The number of anilines is 1. The molecule has 4 N–H and O–H groups in total. The lowest BCUT2D eigenvalue weighted by atomic mass is 10.2. The molecule has 1 fully saturated rings. The second kappa shape index (κ2) is 4.50. The van der Waals surface area contributed by atoms with Gasteiger partial charge in [-0.1, -0.05) is 0 Å². The molecule has 7 nitrogen and oxygen atoms in total. The summed E-state index contributed by atoms with van der Waals surface area (Å²) in [5.74, 6) is 0.0590. The van der Waals surface area contributed by atoms with Crippen molar-refractivity contribution in [1.29, 1.82) is 0 Å². The Hall–Kier alpha value is -1.60. The van der Waals surface area contributed by atoms with E-state index in [9.17, 15) is 4.79 Å². The number of H-pyrrole nitrogens is 1. The summed E-state index contributed by atoms with van der Waals surface area (Å²) in [7, 11) is 0. The molecule has 1 aliphatic rings. The summed E-state index contributed by atoms with van der Waals surface area (Å²) in [5.41, 5.74) is 5.76. The Balaban J connectivity index is 2.13. The maximum atomic E-state index is 12.0. The van der Waals surface area contributed by atoms with Crippen LogP contribution in [0.5, 0.6) is 0 Å². The molecule has 2 heterocycles. The molecular formula is C9H14N4O3. The lowest BCUT2D eigenvalue weighted by Crippen LogP contribution is -2.50. The van der Waals surface area contributed by atoms with E-state index in [1.54, 1.807) is 4.90 Å². The van der Waals surface area contributed by atoms with E-state index >= 15 is 0 Å². The quantitative estimate of drug-likeness (QED) is 0.589. The van der Waals surface area contributed by atoms with Crippen molar-refractivity contribution in [3.63, 3.8) is 0 Å². The number of aromatic amines is 1. The number of nitrogens with two attached hydrogens (primary N) is 1. The van der Waals surface area contributed by atoms with Gasteiger partial charge < -0.3 is 20.5 Å². The molecule has 2 rings (SSSR count). The number of nitrogens with one attached hydrogen (secondary N) is 1. The second-order valence-corrected chi connectivity index (χ2v) is 3.62. The number of morpholine rings is 1.